The van der Waals surface area contributed by atoms with E-state index in [-0.39, 0.29) is 23.7 Å². The molecule has 1 atom stereocenters. The molecule has 0 heterocycles. The molecule has 0 spiro atoms. The average molecular weight is 293 g/mol. The smallest absolute Gasteiger partial charge is 0.328 e. The number of esters is 1. The van der Waals surface area contributed by atoms with Gasteiger partial charge in [0.25, 0.3) is 0 Å². The zero-order valence-corrected chi connectivity index (χ0v) is 12.6. The molecule has 1 aliphatic carbocycles. The third kappa shape index (κ3) is 5.37. The Morgan fingerprint density at radius 2 is 1.89 bits per heavy atom. The van der Waals surface area contributed by atoms with Crippen LogP contribution in [0.3, 0.4) is 0 Å². The van der Waals surface area contributed by atoms with Crippen LogP contribution >= 0.6 is 12.4 Å². The molecule has 3 N–H and O–H groups in total. The van der Waals surface area contributed by atoms with Crippen LogP contribution in [0.15, 0.2) is 0 Å². The lowest BCUT2D eigenvalue weighted by Gasteiger charge is -2.35. The molecular formula is C13H25ClN2O3. The summed E-state index contributed by atoms with van der Waals surface area (Å²) in [6, 6.07) is -0.596. The van der Waals surface area contributed by atoms with Crippen LogP contribution in [-0.2, 0) is 14.3 Å². The quantitative estimate of drug-likeness (QED) is 0.750. The van der Waals surface area contributed by atoms with Gasteiger partial charge in [0.1, 0.15) is 6.04 Å². The second-order valence-corrected chi connectivity index (χ2v) is 5.25. The van der Waals surface area contributed by atoms with Gasteiger partial charge in [0.15, 0.2) is 0 Å². The number of hydrogen-bond acceptors (Lipinski definition) is 4. The van der Waals surface area contributed by atoms with Gasteiger partial charge in [-0.1, -0.05) is 19.3 Å². The second kappa shape index (κ2) is 8.38. The van der Waals surface area contributed by atoms with Gasteiger partial charge in [0.2, 0.25) is 5.91 Å². The van der Waals surface area contributed by atoms with Crippen LogP contribution in [-0.4, -0.2) is 31.6 Å². The molecule has 0 unspecified atom stereocenters. The number of carbonyl (C=O) groups is 2. The van der Waals surface area contributed by atoms with E-state index >= 15 is 0 Å². The zero-order chi connectivity index (χ0) is 13.6. The van der Waals surface area contributed by atoms with E-state index in [1.165, 1.54) is 13.5 Å². The number of amides is 1. The Kier molecular flexibility index (Phi) is 8.02. The number of methoxy groups -OCH3 is 1. The Balaban J connectivity index is 0.00000324. The van der Waals surface area contributed by atoms with Gasteiger partial charge in [-0.3, -0.25) is 4.79 Å². The van der Waals surface area contributed by atoms with Crippen molar-refractivity contribution >= 4 is 24.3 Å². The molecule has 1 aliphatic rings. The predicted molar refractivity (Wildman–Crippen MR) is 76.1 cm³/mol. The highest BCUT2D eigenvalue weighted by atomic mass is 35.5. The number of ether oxygens (including phenoxy) is 1. The SMILES string of the molecule is COC(=O)[C@H](C)NC(=O)CC1(CN)CCCCC1.Cl. The second-order valence-electron chi connectivity index (χ2n) is 5.25. The van der Waals surface area contributed by atoms with Crippen molar-refractivity contribution in [1.29, 1.82) is 0 Å². The number of nitrogens with one attached hydrogen (secondary N) is 1. The predicted octanol–water partition coefficient (Wildman–Crippen LogP) is 1.39. The highest BCUT2D eigenvalue weighted by Crippen LogP contribution is 2.38. The van der Waals surface area contributed by atoms with Crippen molar-refractivity contribution in [3.8, 4) is 0 Å². The summed E-state index contributed by atoms with van der Waals surface area (Å²) in [6.07, 6.45) is 5.91. The molecule has 112 valence electrons. The Morgan fingerprint density at radius 3 is 2.37 bits per heavy atom. The van der Waals surface area contributed by atoms with Crippen LogP contribution in [0.2, 0.25) is 0 Å². The van der Waals surface area contributed by atoms with Crippen LogP contribution in [0, 0.1) is 5.41 Å². The summed E-state index contributed by atoms with van der Waals surface area (Å²) in [5.41, 5.74) is 5.76. The van der Waals surface area contributed by atoms with Crippen molar-refractivity contribution in [1.82, 2.24) is 5.32 Å². The summed E-state index contributed by atoms with van der Waals surface area (Å²) < 4.78 is 4.58. The van der Waals surface area contributed by atoms with Crippen molar-refractivity contribution in [2.24, 2.45) is 11.1 Å². The molecule has 0 saturated heterocycles. The number of halogens is 1. The van der Waals surface area contributed by atoms with E-state index in [4.69, 9.17) is 5.73 Å². The van der Waals surface area contributed by atoms with E-state index in [1.54, 1.807) is 6.92 Å². The van der Waals surface area contributed by atoms with E-state index in [0.717, 1.165) is 25.7 Å². The monoisotopic (exact) mass is 292 g/mol. The third-order valence-electron chi connectivity index (χ3n) is 3.82. The van der Waals surface area contributed by atoms with Crippen molar-refractivity contribution in [3.05, 3.63) is 0 Å². The van der Waals surface area contributed by atoms with Crippen molar-refractivity contribution in [2.45, 2.75) is 51.5 Å². The van der Waals surface area contributed by atoms with Crippen LogP contribution in [0.5, 0.6) is 0 Å². The van der Waals surface area contributed by atoms with Crippen LogP contribution in [0.25, 0.3) is 0 Å². The molecule has 5 nitrogen and oxygen atoms in total. The molecule has 1 rings (SSSR count). The lowest BCUT2D eigenvalue weighted by atomic mass is 9.71. The summed E-state index contributed by atoms with van der Waals surface area (Å²) >= 11 is 0. The molecule has 1 saturated carbocycles. The third-order valence-corrected chi connectivity index (χ3v) is 3.82. The van der Waals surface area contributed by atoms with Crippen LogP contribution in [0.1, 0.15) is 45.4 Å². The fourth-order valence-corrected chi connectivity index (χ4v) is 2.62. The van der Waals surface area contributed by atoms with Gasteiger partial charge in [-0.25, -0.2) is 4.79 Å². The maximum atomic E-state index is 11.9. The fraction of sp³-hybridized carbons (Fsp3) is 0.846. The van der Waals surface area contributed by atoms with E-state index in [2.05, 4.69) is 10.1 Å². The maximum absolute atomic E-state index is 11.9. The number of carbonyl (C=O) groups excluding carboxylic acids is 2. The Labute approximate surface area is 121 Å². The molecular weight excluding hydrogens is 268 g/mol. The van der Waals surface area contributed by atoms with Crippen LogP contribution in [0.4, 0.5) is 0 Å². The lowest BCUT2D eigenvalue weighted by Crippen LogP contribution is -2.43. The molecule has 1 fully saturated rings. The summed E-state index contributed by atoms with van der Waals surface area (Å²) in [5.74, 6) is -0.533. The van der Waals surface area contributed by atoms with Gasteiger partial charge in [-0.15, -0.1) is 12.4 Å². The Bertz CT molecular complexity index is 304. The first-order chi connectivity index (χ1) is 8.53. The van der Waals surface area contributed by atoms with E-state index < -0.39 is 12.0 Å². The van der Waals surface area contributed by atoms with E-state index in [9.17, 15) is 9.59 Å². The topological polar surface area (TPSA) is 81.4 Å². The molecule has 0 bridgehead atoms. The van der Waals surface area contributed by atoms with Gasteiger partial charge in [-0.05, 0) is 31.7 Å². The fourth-order valence-electron chi connectivity index (χ4n) is 2.62. The van der Waals surface area contributed by atoms with Gasteiger partial charge in [0, 0.05) is 6.42 Å². The van der Waals surface area contributed by atoms with Crippen molar-refractivity contribution < 1.29 is 14.3 Å². The molecule has 0 aromatic heterocycles. The highest BCUT2D eigenvalue weighted by Gasteiger charge is 2.33. The molecule has 0 radical (unpaired) electrons. The summed E-state index contributed by atoms with van der Waals surface area (Å²) in [5, 5.41) is 2.67. The molecule has 19 heavy (non-hydrogen) atoms. The van der Waals surface area contributed by atoms with Gasteiger partial charge < -0.3 is 15.8 Å². The lowest BCUT2D eigenvalue weighted by molar-refractivity contribution is -0.144. The first-order valence-corrected chi connectivity index (χ1v) is 6.60. The molecule has 1 amide bonds. The first-order valence-electron chi connectivity index (χ1n) is 6.60. The summed E-state index contributed by atoms with van der Waals surface area (Å²) in [6.45, 7) is 2.16. The molecule has 0 aromatic carbocycles. The van der Waals surface area contributed by atoms with Crippen molar-refractivity contribution in [2.75, 3.05) is 13.7 Å². The summed E-state index contributed by atoms with van der Waals surface area (Å²) in [7, 11) is 1.31. The maximum Gasteiger partial charge on any atom is 0.328 e. The first kappa shape index (κ1) is 18.2. The van der Waals surface area contributed by atoms with Gasteiger partial charge >= 0.3 is 5.97 Å². The van der Waals surface area contributed by atoms with E-state index in [1.807, 2.05) is 0 Å². The number of hydrogen-bond donors (Lipinski definition) is 2. The zero-order valence-electron chi connectivity index (χ0n) is 11.7. The minimum atomic E-state index is -0.596. The standard InChI is InChI=1S/C13H24N2O3.ClH/c1-10(12(17)18-2)15-11(16)8-13(9-14)6-4-3-5-7-13;/h10H,3-9,14H2,1-2H3,(H,15,16);1H/t10-;/m0./s1. The largest absolute Gasteiger partial charge is 0.467 e. The van der Waals surface area contributed by atoms with Gasteiger partial charge in [-0.2, -0.15) is 0 Å². The number of nitrogens with two attached hydrogens (primary N) is 1. The van der Waals surface area contributed by atoms with Crippen molar-refractivity contribution in [3.63, 3.8) is 0 Å². The van der Waals surface area contributed by atoms with E-state index in [0.29, 0.717) is 13.0 Å². The Hall–Kier alpha value is -0.810. The highest BCUT2D eigenvalue weighted by molar-refractivity contribution is 5.85. The Morgan fingerprint density at radius 1 is 1.32 bits per heavy atom. The minimum absolute atomic E-state index is 0. The minimum Gasteiger partial charge on any atom is -0.467 e. The molecule has 0 aromatic rings. The van der Waals surface area contributed by atoms with Crippen LogP contribution < -0.4 is 11.1 Å². The average Bonchev–Trinajstić information content (AvgIpc) is 2.38. The summed E-state index contributed by atoms with van der Waals surface area (Å²) in [4.78, 5) is 23.2. The van der Waals surface area contributed by atoms with Gasteiger partial charge in [0.05, 0.1) is 7.11 Å². The molecule has 0 aliphatic heterocycles. The normalized spacial score (nSPS) is 18.9. The molecule has 6 heteroatoms. The number of rotatable bonds is 5.